The summed E-state index contributed by atoms with van der Waals surface area (Å²) < 4.78 is 5.34. The number of carboxylic acids is 1. The van der Waals surface area contributed by atoms with Gasteiger partial charge in [0.15, 0.2) is 11.6 Å². The number of aromatic nitrogens is 1. The second-order valence-corrected chi connectivity index (χ2v) is 5.06. The molecular weight excluding hydrogens is 330 g/mol. The standard InChI is InChI=1S/C13H14BrNO5/c1-20-7-11(16)10(2-3-12(17)18)13(19)8-4-9(14)6-15-5-8/h4-6,10H,2-3,7H2,1H3,(H,17,18). The number of aliphatic carboxylic acids is 1. The van der Waals surface area contributed by atoms with Crippen LogP contribution in [0.15, 0.2) is 22.9 Å². The highest BCUT2D eigenvalue weighted by Crippen LogP contribution is 2.18. The Morgan fingerprint density at radius 3 is 2.65 bits per heavy atom. The molecule has 0 saturated carbocycles. The van der Waals surface area contributed by atoms with Gasteiger partial charge in [-0.05, 0) is 28.4 Å². The van der Waals surface area contributed by atoms with Gasteiger partial charge in [-0.25, -0.2) is 0 Å². The van der Waals surface area contributed by atoms with E-state index in [4.69, 9.17) is 9.84 Å². The highest BCUT2D eigenvalue weighted by molar-refractivity contribution is 9.10. The smallest absolute Gasteiger partial charge is 0.303 e. The first kappa shape index (κ1) is 16.5. The first-order valence-corrected chi connectivity index (χ1v) is 6.63. The van der Waals surface area contributed by atoms with Gasteiger partial charge in [0, 0.05) is 36.0 Å². The van der Waals surface area contributed by atoms with E-state index in [-0.39, 0.29) is 25.0 Å². The number of carbonyl (C=O) groups excluding carboxylic acids is 2. The maximum atomic E-state index is 12.3. The van der Waals surface area contributed by atoms with Crippen LogP contribution in [0.1, 0.15) is 23.2 Å². The highest BCUT2D eigenvalue weighted by atomic mass is 79.9. The fourth-order valence-electron chi connectivity index (χ4n) is 1.70. The van der Waals surface area contributed by atoms with Crippen LogP contribution < -0.4 is 0 Å². The zero-order chi connectivity index (χ0) is 15.1. The number of halogens is 1. The van der Waals surface area contributed by atoms with Crippen molar-refractivity contribution in [2.45, 2.75) is 12.8 Å². The maximum absolute atomic E-state index is 12.3. The third kappa shape index (κ3) is 4.82. The summed E-state index contributed by atoms with van der Waals surface area (Å²) in [4.78, 5) is 38.7. The Balaban J connectivity index is 2.93. The van der Waals surface area contributed by atoms with Crippen LogP contribution in [-0.2, 0) is 14.3 Å². The molecule has 0 saturated heterocycles. The van der Waals surface area contributed by atoms with E-state index < -0.39 is 23.5 Å². The van der Waals surface area contributed by atoms with E-state index in [0.29, 0.717) is 4.47 Å². The fourth-order valence-corrected chi connectivity index (χ4v) is 2.06. The number of methoxy groups -OCH3 is 1. The van der Waals surface area contributed by atoms with Gasteiger partial charge in [0.05, 0.1) is 5.92 Å². The monoisotopic (exact) mass is 343 g/mol. The van der Waals surface area contributed by atoms with Gasteiger partial charge in [-0.15, -0.1) is 0 Å². The van der Waals surface area contributed by atoms with Crippen molar-refractivity contribution in [2.75, 3.05) is 13.7 Å². The molecule has 0 aliphatic rings. The number of hydrogen-bond acceptors (Lipinski definition) is 5. The van der Waals surface area contributed by atoms with E-state index in [1.807, 2.05) is 0 Å². The maximum Gasteiger partial charge on any atom is 0.303 e. The minimum atomic E-state index is -1.06. The Kier molecular flexibility index (Phi) is 6.47. The van der Waals surface area contributed by atoms with Gasteiger partial charge in [0.1, 0.15) is 6.61 Å². The normalized spacial score (nSPS) is 11.9. The second kappa shape index (κ2) is 7.86. The molecule has 1 unspecified atom stereocenters. The molecule has 0 amide bonds. The minimum absolute atomic E-state index is 0.0527. The summed E-state index contributed by atoms with van der Waals surface area (Å²) in [6, 6.07) is 1.54. The summed E-state index contributed by atoms with van der Waals surface area (Å²) in [5.74, 6) is -2.96. The lowest BCUT2D eigenvalue weighted by Crippen LogP contribution is -2.28. The topological polar surface area (TPSA) is 93.6 Å². The van der Waals surface area contributed by atoms with Crippen LogP contribution in [0, 0.1) is 5.92 Å². The Labute approximate surface area is 124 Å². The number of nitrogens with zero attached hydrogens (tertiary/aromatic N) is 1. The highest BCUT2D eigenvalue weighted by Gasteiger charge is 2.28. The molecule has 1 aromatic heterocycles. The Morgan fingerprint density at radius 1 is 1.40 bits per heavy atom. The van der Waals surface area contributed by atoms with Crippen LogP contribution in [-0.4, -0.2) is 41.3 Å². The molecule has 0 aliphatic carbocycles. The van der Waals surface area contributed by atoms with Crippen molar-refractivity contribution in [3.63, 3.8) is 0 Å². The van der Waals surface area contributed by atoms with Crippen molar-refractivity contribution in [3.8, 4) is 0 Å². The van der Waals surface area contributed by atoms with E-state index in [1.54, 1.807) is 6.07 Å². The van der Waals surface area contributed by atoms with Crippen molar-refractivity contribution in [1.82, 2.24) is 4.98 Å². The van der Waals surface area contributed by atoms with Gasteiger partial charge >= 0.3 is 5.97 Å². The molecule has 7 heteroatoms. The number of pyridine rings is 1. The zero-order valence-electron chi connectivity index (χ0n) is 10.8. The largest absolute Gasteiger partial charge is 0.481 e. The summed E-state index contributed by atoms with van der Waals surface area (Å²) in [5, 5.41) is 8.70. The van der Waals surface area contributed by atoms with Crippen molar-refractivity contribution >= 4 is 33.5 Å². The molecule has 0 aromatic carbocycles. The molecule has 0 aliphatic heterocycles. The number of carbonyl (C=O) groups is 3. The van der Waals surface area contributed by atoms with E-state index in [0.717, 1.165) is 0 Å². The van der Waals surface area contributed by atoms with Gasteiger partial charge in [0.25, 0.3) is 0 Å². The summed E-state index contributed by atoms with van der Waals surface area (Å²) in [5.41, 5.74) is 0.263. The Bertz CT molecular complexity index is 517. The predicted molar refractivity (Wildman–Crippen MR) is 73.5 cm³/mol. The summed E-state index contributed by atoms with van der Waals surface area (Å²) in [7, 11) is 1.34. The average Bonchev–Trinajstić information content (AvgIpc) is 2.38. The van der Waals surface area contributed by atoms with E-state index in [1.165, 1.54) is 19.5 Å². The van der Waals surface area contributed by atoms with Crippen LogP contribution in [0.4, 0.5) is 0 Å². The van der Waals surface area contributed by atoms with Crippen LogP contribution in [0.25, 0.3) is 0 Å². The first-order valence-electron chi connectivity index (χ1n) is 5.84. The van der Waals surface area contributed by atoms with Gasteiger partial charge in [-0.1, -0.05) is 0 Å². The van der Waals surface area contributed by atoms with Crippen LogP contribution in [0.3, 0.4) is 0 Å². The molecule has 1 N–H and O–H groups in total. The van der Waals surface area contributed by atoms with Crippen LogP contribution in [0.5, 0.6) is 0 Å². The zero-order valence-corrected chi connectivity index (χ0v) is 12.4. The number of hydrogen-bond donors (Lipinski definition) is 1. The molecule has 1 heterocycles. The van der Waals surface area contributed by atoms with Gasteiger partial charge < -0.3 is 9.84 Å². The van der Waals surface area contributed by atoms with Crippen LogP contribution >= 0.6 is 15.9 Å². The first-order chi connectivity index (χ1) is 9.45. The second-order valence-electron chi connectivity index (χ2n) is 4.14. The Hall–Kier alpha value is -1.60. The Morgan fingerprint density at radius 2 is 2.10 bits per heavy atom. The summed E-state index contributed by atoms with van der Waals surface area (Å²) >= 11 is 3.19. The minimum Gasteiger partial charge on any atom is -0.481 e. The number of ether oxygens (including phenoxy) is 1. The third-order valence-electron chi connectivity index (χ3n) is 2.63. The lowest BCUT2D eigenvalue weighted by molar-refractivity contribution is -0.137. The SMILES string of the molecule is COCC(=O)C(CCC(=O)O)C(=O)c1cncc(Br)c1. The molecular formula is C13H14BrNO5. The van der Waals surface area contributed by atoms with E-state index >= 15 is 0 Å². The van der Waals surface area contributed by atoms with Gasteiger partial charge in [-0.2, -0.15) is 0 Å². The van der Waals surface area contributed by atoms with Crippen molar-refractivity contribution in [2.24, 2.45) is 5.92 Å². The summed E-state index contributed by atoms with van der Waals surface area (Å²) in [6.07, 6.45) is 2.55. The predicted octanol–water partition coefficient (Wildman–Crippen LogP) is 1.72. The van der Waals surface area contributed by atoms with Crippen molar-refractivity contribution in [1.29, 1.82) is 0 Å². The summed E-state index contributed by atoms with van der Waals surface area (Å²) in [6.45, 7) is -0.225. The van der Waals surface area contributed by atoms with Crippen molar-refractivity contribution in [3.05, 3.63) is 28.5 Å². The van der Waals surface area contributed by atoms with Crippen molar-refractivity contribution < 1.29 is 24.2 Å². The molecule has 108 valence electrons. The number of rotatable bonds is 8. The van der Waals surface area contributed by atoms with E-state index in [2.05, 4.69) is 20.9 Å². The molecule has 0 radical (unpaired) electrons. The molecule has 0 bridgehead atoms. The van der Waals surface area contributed by atoms with E-state index in [9.17, 15) is 14.4 Å². The number of carboxylic acid groups (broad SMARTS) is 1. The quantitative estimate of drug-likeness (QED) is 0.570. The number of ketones is 2. The molecule has 1 rings (SSSR count). The van der Waals surface area contributed by atoms with Gasteiger partial charge in [0.2, 0.25) is 0 Å². The lowest BCUT2D eigenvalue weighted by atomic mass is 9.90. The lowest BCUT2D eigenvalue weighted by Gasteiger charge is -2.13. The molecule has 0 fully saturated rings. The molecule has 20 heavy (non-hydrogen) atoms. The molecule has 1 atom stereocenters. The fraction of sp³-hybridized carbons (Fsp3) is 0.385. The number of Topliss-reactive ketones (excluding diaryl/α,β-unsaturated/α-hetero) is 2. The van der Waals surface area contributed by atoms with Crippen LogP contribution in [0.2, 0.25) is 0 Å². The molecule has 0 spiro atoms. The molecule has 6 nitrogen and oxygen atoms in total. The average molecular weight is 344 g/mol. The third-order valence-corrected chi connectivity index (χ3v) is 3.06. The molecule has 1 aromatic rings. The van der Waals surface area contributed by atoms with Gasteiger partial charge in [-0.3, -0.25) is 19.4 Å².